The summed E-state index contributed by atoms with van der Waals surface area (Å²) in [4.78, 5) is 47.2. The van der Waals surface area contributed by atoms with Gasteiger partial charge in [0, 0.05) is 46.1 Å². The number of carboxylic acids is 3. The van der Waals surface area contributed by atoms with Crippen LogP contribution in [-0.2, 0) is 42.5 Å². The Morgan fingerprint density at radius 1 is 1.10 bits per heavy atom. The van der Waals surface area contributed by atoms with E-state index in [1.165, 1.54) is 5.56 Å². The third-order valence-corrected chi connectivity index (χ3v) is 7.50. The zero-order valence-electron chi connectivity index (χ0n) is 23.6. The monoisotopic (exact) mass is 592 g/mol. The number of amides is 1. The summed E-state index contributed by atoms with van der Waals surface area (Å²) in [7, 11) is 3.59. The summed E-state index contributed by atoms with van der Waals surface area (Å²) < 4.78 is 22.0. The number of hydrogen-bond donors (Lipinski definition) is 4. The first-order valence-corrected chi connectivity index (χ1v) is 13.5. The number of carbonyl (C=O) groups is 4. The average molecular weight is 593 g/mol. The molecule has 2 aliphatic heterocycles. The molecule has 1 saturated heterocycles. The van der Waals surface area contributed by atoms with Gasteiger partial charge in [0.05, 0.1) is 37.5 Å². The number of hydrogen-bond acceptors (Lipinski definition) is 8. The van der Waals surface area contributed by atoms with Gasteiger partial charge in [0.25, 0.3) is 0 Å². The van der Waals surface area contributed by atoms with E-state index in [4.69, 9.17) is 25.2 Å². The van der Waals surface area contributed by atoms with Crippen molar-refractivity contribution in [1.82, 2.24) is 19.6 Å². The Balaban J connectivity index is 0.000000316. The molecule has 3 heterocycles. The standard InChI is InChI=1S/C22H29FN4O2.C6H8O7/c1-25(2)21(28)18(16-27-10-3-9-24-27)15-26-11-7-22(8-12-26)20-14-19(23)5-4-17(20)6-13-29-22;7-3(8)1-6(13,5(11)12)2-4(9)10/h3-5,9-10,14,18H,6-8,11-13,15-16H2,1-2H3;13H,1-2H2,(H,7,8)(H,9,10)(H,11,12). The Hall–Kier alpha value is -3.88. The van der Waals surface area contributed by atoms with Gasteiger partial charge in [-0.2, -0.15) is 5.10 Å². The highest BCUT2D eigenvalue weighted by Crippen LogP contribution is 2.41. The van der Waals surface area contributed by atoms with Crippen LogP contribution in [-0.4, -0.2) is 110 Å². The number of carbonyl (C=O) groups excluding carboxylic acids is 1. The fourth-order valence-electron chi connectivity index (χ4n) is 5.37. The Bertz CT molecular complexity index is 1240. The van der Waals surface area contributed by atoms with Crippen molar-refractivity contribution in [3.05, 3.63) is 53.6 Å². The molecule has 230 valence electrons. The SMILES string of the molecule is CN(C)C(=O)C(CN1CCC2(CC1)OCCc1ccc(F)cc12)Cn1cccn1.O=C(O)CC(O)(CC(=O)O)C(=O)O. The lowest BCUT2D eigenvalue weighted by Gasteiger charge is -2.45. The van der Waals surface area contributed by atoms with E-state index >= 15 is 0 Å². The average Bonchev–Trinajstić information content (AvgIpc) is 3.42. The first kappa shape index (κ1) is 32.6. The maximum absolute atomic E-state index is 13.9. The molecule has 1 aromatic carbocycles. The molecule has 13 nitrogen and oxygen atoms in total. The number of halogens is 1. The smallest absolute Gasteiger partial charge is 0.336 e. The van der Waals surface area contributed by atoms with Crippen LogP contribution in [0.4, 0.5) is 4.39 Å². The zero-order valence-corrected chi connectivity index (χ0v) is 23.6. The molecule has 2 aliphatic rings. The van der Waals surface area contributed by atoms with Crippen LogP contribution < -0.4 is 0 Å². The van der Waals surface area contributed by atoms with Gasteiger partial charge in [0.2, 0.25) is 5.91 Å². The van der Waals surface area contributed by atoms with Crippen molar-refractivity contribution in [3.8, 4) is 0 Å². The Labute approximate surface area is 242 Å². The number of fused-ring (bicyclic) bond motifs is 2. The van der Waals surface area contributed by atoms with Crippen molar-refractivity contribution in [2.75, 3.05) is 40.3 Å². The molecule has 1 spiro atoms. The Kier molecular flexibility index (Phi) is 10.8. The fraction of sp³-hybridized carbons (Fsp3) is 0.536. The van der Waals surface area contributed by atoms with E-state index in [-0.39, 0.29) is 17.6 Å². The summed E-state index contributed by atoms with van der Waals surface area (Å²) in [6.07, 6.45) is 3.80. The number of aliphatic hydroxyl groups is 1. The maximum Gasteiger partial charge on any atom is 0.336 e. The molecule has 0 radical (unpaired) electrons. The van der Waals surface area contributed by atoms with E-state index in [2.05, 4.69) is 10.00 Å². The summed E-state index contributed by atoms with van der Waals surface area (Å²) in [6.45, 7) is 3.58. The van der Waals surface area contributed by atoms with Crippen LogP contribution in [0.1, 0.15) is 36.8 Å². The molecule has 1 amide bonds. The van der Waals surface area contributed by atoms with Gasteiger partial charge < -0.3 is 35.0 Å². The fourth-order valence-corrected chi connectivity index (χ4v) is 5.37. The number of aromatic nitrogens is 2. The zero-order chi connectivity index (χ0) is 31.1. The van der Waals surface area contributed by atoms with Crippen LogP contribution >= 0.6 is 0 Å². The maximum atomic E-state index is 13.9. The van der Waals surface area contributed by atoms with Crippen molar-refractivity contribution < 1.29 is 48.7 Å². The number of ether oxygens (including phenoxy) is 1. The lowest BCUT2D eigenvalue weighted by atomic mass is 9.79. The quantitative estimate of drug-likeness (QED) is 0.309. The second kappa shape index (κ2) is 13.9. The van der Waals surface area contributed by atoms with Crippen molar-refractivity contribution in [1.29, 1.82) is 0 Å². The first-order valence-electron chi connectivity index (χ1n) is 13.5. The van der Waals surface area contributed by atoms with Crippen LogP contribution in [0.15, 0.2) is 36.7 Å². The molecule has 14 heteroatoms. The lowest BCUT2D eigenvalue weighted by molar-refractivity contribution is -0.170. The second-order valence-corrected chi connectivity index (χ2v) is 10.8. The van der Waals surface area contributed by atoms with Gasteiger partial charge in [-0.1, -0.05) is 6.07 Å². The molecule has 4 N–H and O–H groups in total. The van der Waals surface area contributed by atoms with Gasteiger partial charge in [-0.3, -0.25) is 19.1 Å². The number of piperidine rings is 1. The molecular formula is C28H37FN4O9. The molecule has 1 fully saturated rings. The number of carboxylic acid groups (broad SMARTS) is 3. The van der Waals surface area contributed by atoms with E-state index in [1.807, 2.05) is 23.0 Å². The number of aliphatic carboxylic acids is 3. The normalized spacial score (nSPS) is 17.0. The molecule has 1 aromatic heterocycles. The highest BCUT2D eigenvalue weighted by molar-refractivity contribution is 5.88. The number of rotatable bonds is 10. The second-order valence-electron chi connectivity index (χ2n) is 10.8. The largest absolute Gasteiger partial charge is 0.481 e. The van der Waals surface area contributed by atoms with Crippen LogP contribution in [0.5, 0.6) is 0 Å². The number of benzene rings is 1. The molecule has 42 heavy (non-hydrogen) atoms. The van der Waals surface area contributed by atoms with Crippen molar-refractivity contribution >= 4 is 23.8 Å². The van der Waals surface area contributed by atoms with Gasteiger partial charge in [-0.25, -0.2) is 9.18 Å². The third-order valence-electron chi connectivity index (χ3n) is 7.50. The molecule has 0 bridgehead atoms. The molecule has 2 aromatic rings. The van der Waals surface area contributed by atoms with E-state index in [0.29, 0.717) is 19.7 Å². The highest BCUT2D eigenvalue weighted by atomic mass is 19.1. The summed E-state index contributed by atoms with van der Waals surface area (Å²) in [5.74, 6) is -5.26. The van der Waals surface area contributed by atoms with Gasteiger partial charge in [-0.15, -0.1) is 0 Å². The summed E-state index contributed by atoms with van der Waals surface area (Å²) in [5, 5.41) is 38.1. The van der Waals surface area contributed by atoms with Gasteiger partial charge in [0.15, 0.2) is 5.60 Å². The Morgan fingerprint density at radius 3 is 2.26 bits per heavy atom. The summed E-state index contributed by atoms with van der Waals surface area (Å²) in [6, 6.07) is 6.97. The third kappa shape index (κ3) is 8.33. The van der Waals surface area contributed by atoms with Gasteiger partial charge in [-0.05, 0) is 48.6 Å². The lowest BCUT2D eigenvalue weighted by Crippen LogP contribution is -2.49. The van der Waals surface area contributed by atoms with Crippen molar-refractivity contribution in [2.24, 2.45) is 5.92 Å². The molecule has 4 rings (SSSR count). The van der Waals surface area contributed by atoms with Crippen LogP contribution in [0.25, 0.3) is 0 Å². The minimum atomic E-state index is -2.74. The number of likely N-dealkylation sites (tertiary alicyclic amines) is 1. The van der Waals surface area contributed by atoms with Crippen LogP contribution in [0.2, 0.25) is 0 Å². The molecule has 0 aliphatic carbocycles. The molecular weight excluding hydrogens is 555 g/mol. The van der Waals surface area contributed by atoms with E-state index in [1.54, 1.807) is 37.3 Å². The summed E-state index contributed by atoms with van der Waals surface area (Å²) >= 11 is 0. The predicted molar refractivity (Wildman–Crippen MR) is 145 cm³/mol. The van der Waals surface area contributed by atoms with Gasteiger partial charge in [0.1, 0.15) is 5.82 Å². The van der Waals surface area contributed by atoms with Crippen molar-refractivity contribution in [3.63, 3.8) is 0 Å². The molecule has 1 unspecified atom stereocenters. The van der Waals surface area contributed by atoms with Crippen LogP contribution in [0, 0.1) is 11.7 Å². The minimum Gasteiger partial charge on any atom is -0.481 e. The van der Waals surface area contributed by atoms with E-state index in [9.17, 15) is 23.6 Å². The van der Waals surface area contributed by atoms with E-state index in [0.717, 1.165) is 37.9 Å². The Morgan fingerprint density at radius 2 is 1.74 bits per heavy atom. The summed E-state index contributed by atoms with van der Waals surface area (Å²) in [5.41, 5.74) is -0.918. The molecule has 0 saturated carbocycles. The first-order chi connectivity index (χ1) is 19.7. The van der Waals surface area contributed by atoms with Gasteiger partial charge >= 0.3 is 17.9 Å². The molecule has 1 atom stereocenters. The van der Waals surface area contributed by atoms with Crippen molar-refractivity contribution in [2.45, 2.75) is 49.9 Å². The number of nitrogens with zero attached hydrogens (tertiary/aromatic N) is 4. The highest BCUT2D eigenvalue weighted by Gasteiger charge is 2.42. The minimum absolute atomic E-state index is 0.113. The predicted octanol–water partition coefficient (Wildman–Crippen LogP) is 1.04. The van der Waals surface area contributed by atoms with Crippen LogP contribution in [0.3, 0.4) is 0 Å². The topological polar surface area (TPSA) is 183 Å². The van der Waals surface area contributed by atoms with E-state index < -0.39 is 42.0 Å².